The largest absolute Gasteiger partial charge is 0.345 e. The van der Waals surface area contributed by atoms with E-state index < -0.39 is 0 Å². The Morgan fingerprint density at radius 1 is 1.37 bits per heavy atom. The normalized spacial score (nSPS) is 9.84. The van der Waals surface area contributed by atoms with E-state index in [0.29, 0.717) is 6.54 Å². The number of benzene rings is 1. The van der Waals surface area contributed by atoms with Gasteiger partial charge in [-0.3, -0.25) is 10.1 Å². The zero-order valence-corrected chi connectivity index (χ0v) is 10.3. The summed E-state index contributed by atoms with van der Waals surface area (Å²) in [6.45, 7) is 0.582. The maximum absolute atomic E-state index is 11.5. The van der Waals surface area contributed by atoms with Crippen molar-refractivity contribution in [1.29, 1.82) is 0 Å². The van der Waals surface area contributed by atoms with Gasteiger partial charge in [-0.15, -0.1) is 6.42 Å². The van der Waals surface area contributed by atoms with Crippen LogP contribution in [0, 0.1) is 12.3 Å². The van der Waals surface area contributed by atoms with Gasteiger partial charge in [0.2, 0.25) is 5.91 Å². The van der Waals surface area contributed by atoms with Crippen molar-refractivity contribution in [1.82, 2.24) is 15.3 Å². The molecule has 0 atom stereocenters. The molecule has 1 aromatic carbocycles. The first kappa shape index (κ1) is 12.9. The Bertz CT molecular complexity index is 566. The molecule has 1 heterocycles. The Morgan fingerprint density at radius 2 is 2.16 bits per heavy atom. The molecule has 0 saturated heterocycles. The number of terminal acetylenes is 1. The standard InChI is InChI=1S/C14H14N4O/c1-2-7-15-9-14(19)18-12-5-3-11(4-6-12)13-8-16-10-17-13/h1,3-6,8,10,15H,7,9H2,(H,16,17)(H,18,19). The quantitative estimate of drug-likeness (QED) is 0.555. The summed E-state index contributed by atoms with van der Waals surface area (Å²) < 4.78 is 0. The number of rotatable bonds is 5. The third-order valence-electron chi connectivity index (χ3n) is 2.49. The molecule has 0 spiro atoms. The number of H-pyrrole nitrogens is 1. The second-order valence-electron chi connectivity index (χ2n) is 3.90. The molecule has 0 saturated carbocycles. The van der Waals surface area contributed by atoms with E-state index in [-0.39, 0.29) is 12.5 Å². The molecule has 0 unspecified atom stereocenters. The van der Waals surface area contributed by atoms with Crippen molar-refractivity contribution in [3.05, 3.63) is 36.8 Å². The lowest BCUT2D eigenvalue weighted by molar-refractivity contribution is -0.115. The van der Waals surface area contributed by atoms with Crippen LogP contribution in [0.15, 0.2) is 36.8 Å². The van der Waals surface area contributed by atoms with Crippen LogP contribution in [-0.4, -0.2) is 29.0 Å². The molecule has 0 aliphatic heterocycles. The van der Waals surface area contributed by atoms with Crippen LogP contribution in [0.2, 0.25) is 0 Å². The van der Waals surface area contributed by atoms with E-state index in [1.807, 2.05) is 24.3 Å². The second-order valence-corrected chi connectivity index (χ2v) is 3.90. The van der Waals surface area contributed by atoms with Crippen LogP contribution < -0.4 is 10.6 Å². The predicted molar refractivity (Wildman–Crippen MR) is 74.4 cm³/mol. The van der Waals surface area contributed by atoms with Gasteiger partial charge in [0.1, 0.15) is 0 Å². The van der Waals surface area contributed by atoms with E-state index in [2.05, 4.69) is 26.5 Å². The average Bonchev–Trinajstić information content (AvgIpc) is 2.94. The summed E-state index contributed by atoms with van der Waals surface area (Å²) in [5, 5.41) is 5.60. The van der Waals surface area contributed by atoms with E-state index in [4.69, 9.17) is 6.42 Å². The van der Waals surface area contributed by atoms with Crippen LogP contribution in [-0.2, 0) is 4.79 Å². The Hall–Kier alpha value is -2.58. The summed E-state index contributed by atoms with van der Waals surface area (Å²) in [4.78, 5) is 18.5. The Balaban J connectivity index is 1.92. The monoisotopic (exact) mass is 254 g/mol. The maximum Gasteiger partial charge on any atom is 0.238 e. The molecule has 3 N–H and O–H groups in total. The number of hydrogen-bond donors (Lipinski definition) is 3. The molecule has 2 rings (SSSR count). The van der Waals surface area contributed by atoms with Gasteiger partial charge in [0.05, 0.1) is 31.3 Å². The van der Waals surface area contributed by atoms with Gasteiger partial charge in [-0.05, 0) is 17.7 Å². The van der Waals surface area contributed by atoms with Gasteiger partial charge < -0.3 is 10.3 Å². The van der Waals surface area contributed by atoms with Crippen molar-refractivity contribution < 1.29 is 4.79 Å². The fraction of sp³-hybridized carbons (Fsp3) is 0.143. The number of anilines is 1. The minimum atomic E-state index is -0.121. The number of carbonyl (C=O) groups is 1. The number of hydrogen-bond acceptors (Lipinski definition) is 3. The van der Waals surface area contributed by atoms with Gasteiger partial charge in [-0.25, -0.2) is 4.98 Å². The lowest BCUT2D eigenvalue weighted by Gasteiger charge is -2.06. The Labute approximate surface area is 111 Å². The van der Waals surface area contributed by atoms with Gasteiger partial charge in [-0.1, -0.05) is 18.1 Å². The summed E-state index contributed by atoms with van der Waals surface area (Å²) in [5.41, 5.74) is 2.70. The molecule has 0 aliphatic rings. The Kier molecular flexibility index (Phi) is 4.32. The van der Waals surface area contributed by atoms with E-state index >= 15 is 0 Å². The molecule has 0 aliphatic carbocycles. The van der Waals surface area contributed by atoms with Crippen LogP contribution in [0.4, 0.5) is 5.69 Å². The molecule has 19 heavy (non-hydrogen) atoms. The third kappa shape index (κ3) is 3.69. The molecule has 0 fully saturated rings. The first-order valence-electron chi connectivity index (χ1n) is 5.82. The minimum Gasteiger partial charge on any atom is -0.345 e. The van der Waals surface area contributed by atoms with E-state index in [0.717, 1.165) is 16.9 Å². The number of carbonyl (C=O) groups excluding carboxylic acids is 1. The van der Waals surface area contributed by atoms with Crippen LogP contribution in [0.5, 0.6) is 0 Å². The fourth-order valence-corrected chi connectivity index (χ4v) is 1.60. The fourth-order valence-electron chi connectivity index (χ4n) is 1.60. The third-order valence-corrected chi connectivity index (χ3v) is 2.49. The molecule has 0 radical (unpaired) electrons. The smallest absolute Gasteiger partial charge is 0.238 e. The molecule has 0 bridgehead atoms. The summed E-state index contributed by atoms with van der Waals surface area (Å²) in [6.07, 6.45) is 8.45. The van der Waals surface area contributed by atoms with E-state index in [1.54, 1.807) is 12.5 Å². The number of nitrogens with zero attached hydrogens (tertiary/aromatic N) is 1. The molecule has 2 aromatic rings. The second kappa shape index (κ2) is 6.38. The molecule has 5 nitrogen and oxygen atoms in total. The van der Waals surface area contributed by atoms with Crippen molar-refractivity contribution in [2.75, 3.05) is 18.4 Å². The molecule has 1 amide bonds. The molecule has 1 aromatic heterocycles. The minimum absolute atomic E-state index is 0.121. The van der Waals surface area contributed by atoms with Crippen LogP contribution in [0.1, 0.15) is 0 Å². The van der Waals surface area contributed by atoms with Crippen LogP contribution in [0.3, 0.4) is 0 Å². The maximum atomic E-state index is 11.5. The van der Waals surface area contributed by atoms with Crippen molar-refractivity contribution >= 4 is 11.6 Å². The summed E-state index contributed by atoms with van der Waals surface area (Å²) >= 11 is 0. The first-order chi connectivity index (χ1) is 9.29. The highest BCUT2D eigenvalue weighted by Gasteiger charge is 2.02. The Morgan fingerprint density at radius 3 is 2.79 bits per heavy atom. The number of nitrogens with one attached hydrogen (secondary N) is 3. The predicted octanol–water partition coefficient (Wildman–Crippen LogP) is 1.24. The summed E-state index contributed by atoms with van der Waals surface area (Å²) in [5.74, 6) is 2.29. The molecule has 5 heteroatoms. The van der Waals surface area contributed by atoms with Crippen molar-refractivity contribution in [2.45, 2.75) is 0 Å². The van der Waals surface area contributed by atoms with Crippen molar-refractivity contribution in [3.8, 4) is 23.6 Å². The van der Waals surface area contributed by atoms with Crippen LogP contribution in [0.25, 0.3) is 11.3 Å². The van der Waals surface area contributed by atoms with Gasteiger partial charge >= 0.3 is 0 Å². The van der Waals surface area contributed by atoms with Gasteiger partial charge in [0.25, 0.3) is 0 Å². The number of aromatic amines is 1. The van der Waals surface area contributed by atoms with E-state index in [1.165, 1.54) is 0 Å². The highest BCUT2D eigenvalue weighted by molar-refractivity contribution is 5.92. The number of amides is 1. The highest BCUT2D eigenvalue weighted by Crippen LogP contribution is 2.18. The lowest BCUT2D eigenvalue weighted by Crippen LogP contribution is -2.28. The van der Waals surface area contributed by atoms with Gasteiger partial charge in [0, 0.05) is 5.69 Å². The topological polar surface area (TPSA) is 69.8 Å². The number of aromatic nitrogens is 2. The van der Waals surface area contributed by atoms with Gasteiger partial charge in [0.15, 0.2) is 0 Å². The first-order valence-corrected chi connectivity index (χ1v) is 5.82. The van der Waals surface area contributed by atoms with Crippen molar-refractivity contribution in [3.63, 3.8) is 0 Å². The SMILES string of the molecule is C#CCNCC(=O)Nc1ccc(-c2cnc[nH]2)cc1. The average molecular weight is 254 g/mol. The highest BCUT2D eigenvalue weighted by atomic mass is 16.1. The van der Waals surface area contributed by atoms with Gasteiger partial charge in [-0.2, -0.15) is 0 Å². The zero-order valence-electron chi connectivity index (χ0n) is 10.3. The van der Waals surface area contributed by atoms with Crippen molar-refractivity contribution in [2.24, 2.45) is 0 Å². The summed E-state index contributed by atoms with van der Waals surface area (Å²) in [7, 11) is 0. The molecular formula is C14H14N4O. The van der Waals surface area contributed by atoms with E-state index in [9.17, 15) is 4.79 Å². The number of imidazole rings is 1. The molecular weight excluding hydrogens is 240 g/mol. The van der Waals surface area contributed by atoms with Crippen LogP contribution >= 0.6 is 0 Å². The lowest BCUT2D eigenvalue weighted by atomic mass is 10.1. The zero-order chi connectivity index (χ0) is 13.5. The summed E-state index contributed by atoms with van der Waals surface area (Å²) in [6, 6.07) is 7.51. The molecule has 96 valence electrons.